The summed E-state index contributed by atoms with van der Waals surface area (Å²) in [7, 11) is 0.750. The van der Waals surface area contributed by atoms with Gasteiger partial charge in [0.25, 0.3) is 9.05 Å². The van der Waals surface area contributed by atoms with Gasteiger partial charge in [0.05, 0.1) is 4.90 Å². The first-order valence-corrected chi connectivity index (χ1v) is 7.72. The number of hydrogen-bond donors (Lipinski definition) is 1. The summed E-state index contributed by atoms with van der Waals surface area (Å²) in [6.45, 7) is 3.35. The second-order valence-electron chi connectivity index (χ2n) is 4.00. The van der Waals surface area contributed by atoms with Crippen molar-refractivity contribution in [2.45, 2.75) is 25.2 Å². The largest absolute Gasteiger partial charge is 0.321 e. The van der Waals surface area contributed by atoms with E-state index in [1.54, 1.807) is 13.8 Å². The lowest BCUT2D eigenvalue weighted by atomic mass is 10.1. The van der Waals surface area contributed by atoms with Crippen molar-refractivity contribution in [1.82, 2.24) is 0 Å². The van der Waals surface area contributed by atoms with Crippen LogP contribution >= 0.6 is 10.7 Å². The molecule has 0 aromatic heterocycles. The van der Waals surface area contributed by atoms with Crippen LogP contribution in [0.5, 0.6) is 0 Å². The normalized spacial score (nSPS) is 13.1. The molecular formula is C11H12ClF2NO3S. The molecule has 1 aromatic rings. The molecule has 0 heterocycles. The summed E-state index contributed by atoms with van der Waals surface area (Å²) in [6.07, 6.45) is 0.503. The van der Waals surface area contributed by atoms with E-state index in [0.717, 1.165) is 0 Å². The Hall–Kier alpha value is -1.21. The molecule has 1 amide bonds. The van der Waals surface area contributed by atoms with Gasteiger partial charge in [-0.3, -0.25) is 4.79 Å². The molecule has 0 aliphatic rings. The summed E-state index contributed by atoms with van der Waals surface area (Å²) in [5.41, 5.74) is -0.686. The average molecular weight is 312 g/mol. The molecule has 0 fully saturated rings. The summed E-state index contributed by atoms with van der Waals surface area (Å²) in [6, 6.07) is 1.11. The van der Waals surface area contributed by atoms with Crippen LogP contribution in [0.1, 0.15) is 20.3 Å². The zero-order valence-electron chi connectivity index (χ0n) is 10.2. The van der Waals surface area contributed by atoms with E-state index in [-0.39, 0.29) is 0 Å². The zero-order valence-corrected chi connectivity index (χ0v) is 11.8. The third kappa shape index (κ3) is 3.87. The van der Waals surface area contributed by atoms with Crippen molar-refractivity contribution in [3.8, 4) is 0 Å². The first-order valence-electron chi connectivity index (χ1n) is 5.41. The van der Waals surface area contributed by atoms with Crippen LogP contribution in [0.25, 0.3) is 0 Å². The minimum atomic E-state index is -4.23. The highest BCUT2D eigenvalue weighted by Crippen LogP contribution is 2.25. The van der Waals surface area contributed by atoms with E-state index in [4.69, 9.17) is 10.7 Å². The molecule has 1 unspecified atom stereocenters. The molecule has 0 spiro atoms. The van der Waals surface area contributed by atoms with Gasteiger partial charge in [-0.05, 0) is 18.6 Å². The highest BCUT2D eigenvalue weighted by atomic mass is 35.7. The van der Waals surface area contributed by atoms with Crippen molar-refractivity contribution >= 4 is 31.3 Å². The van der Waals surface area contributed by atoms with E-state index < -0.39 is 43.1 Å². The van der Waals surface area contributed by atoms with Gasteiger partial charge in [-0.2, -0.15) is 0 Å². The van der Waals surface area contributed by atoms with Crippen molar-refractivity contribution in [1.29, 1.82) is 0 Å². The van der Waals surface area contributed by atoms with E-state index in [0.29, 0.717) is 18.6 Å². The van der Waals surface area contributed by atoms with Crippen LogP contribution in [0.15, 0.2) is 17.0 Å². The summed E-state index contributed by atoms with van der Waals surface area (Å²) in [5.74, 6) is -3.37. The Labute approximate surface area is 114 Å². The Morgan fingerprint density at radius 1 is 1.37 bits per heavy atom. The number of carbonyl (C=O) groups excluding carboxylic acids is 1. The van der Waals surface area contributed by atoms with Gasteiger partial charge in [0, 0.05) is 16.6 Å². The van der Waals surface area contributed by atoms with Crippen LogP contribution in [-0.4, -0.2) is 14.3 Å². The van der Waals surface area contributed by atoms with Crippen molar-refractivity contribution < 1.29 is 22.0 Å². The maximum Gasteiger partial charge on any atom is 0.261 e. The SMILES string of the molecule is CCC(C)C(=O)Nc1c(F)cc(S(=O)(=O)Cl)cc1F. The number of rotatable bonds is 4. The van der Waals surface area contributed by atoms with Crippen LogP contribution in [-0.2, 0) is 13.8 Å². The average Bonchev–Trinajstić information content (AvgIpc) is 2.30. The van der Waals surface area contributed by atoms with E-state index in [2.05, 4.69) is 5.32 Å². The van der Waals surface area contributed by atoms with Gasteiger partial charge in [0.2, 0.25) is 5.91 Å². The molecule has 0 saturated heterocycles. The maximum absolute atomic E-state index is 13.6. The molecule has 106 valence electrons. The molecule has 0 aliphatic heterocycles. The minimum absolute atomic E-state index is 0.421. The van der Waals surface area contributed by atoms with Gasteiger partial charge in [-0.25, -0.2) is 17.2 Å². The molecule has 4 nitrogen and oxygen atoms in total. The molecule has 0 saturated carbocycles. The monoisotopic (exact) mass is 311 g/mol. The third-order valence-corrected chi connectivity index (χ3v) is 3.94. The fourth-order valence-corrected chi connectivity index (χ4v) is 2.00. The van der Waals surface area contributed by atoms with Crippen molar-refractivity contribution in [3.05, 3.63) is 23.8 Å². The van der Waals surface area contributed by atoms with E-state index in [1.165, 1.54) is 0 Å². The highest BCUT2D eigenvalue weighted by Gasteiger charge is 2.20. The molecule has 1 N–H and O–H groups in total. The Morgan fingerprint density at radius 3 is 2.21 bits per heavy atom. The van der Waals surface area contributed by atoms with Crippen LogP contribution < -0.4 is 5.32 Å². The summed E-state index contributed by atoms with van der Waals surface area (Å²) < 4.78 is 49.1. The number of halogens is 3. The predicted octanol–water partition coefficient (Wildman–Crippen LogP) is 2.88. The first kappa shape index (κ1) is 15.8. The Morgan fingerprint density at radius 2 is 1.84 bits per heavy atom. The number of hydrogen-bond acceptors (Lipinski definition) is 3. The van der Waals surface area contributed by atoms with E-state index in [9.17, 15) is 22.0 Å². The van der Waals surface area contributed by atoms with E-state index in [1.807, 2.05) is 0 Å². The second kappa shape index (κ2) is 5.83. The van der Waals surface area contributed by atoms with Gasteiger partial charge >= 0.3 is 0 Å². The first-order chi connectivity index (χ1) is 8.66. The molecule has 1 rings (SSSR count). The van der Waals surface area contributed by atoms with Crippen LogP contribution in [0.3, 0.4) is 0 Å². The lowest BCUT2D eigenvalue weighted by Crippen LogP contribution is -2.21. The lowest BCUT2D eigenvalue weighted by Gasteiger charge is -2.12. The van der Waals surface area contributed by atoms with Gasteiger partial charge in [0.15, 0.2) is 11.6 Å². The molecule has 0 aliphatic carbocycles. The van der Waals surface area contributed by atoms with Crippen LogP contribution in [0.2, 0.25) is 0 Å². The second-order valence-corrected chi connectivity index (χ2v) is 6.56. The molecule has 0 radical (unpaired) electrons. The van der Waals surface area contributed by atoms with Crippen molar-refractivity contribution in [2.24, 2.45) is 5.92 Å². The zero-order chi connectivity index (χ0) is 14.8. The molecule has 1 aromatic carbocycles. The van der Waals surface area contributed by atoms with Crippen LogP contribution in [0.4, 0.5) is 14.5 Å². The standard InChI is InChI=1S/C11H12ClF2NO3S/c1-3-6(2)11(16)15-10-8(13)4-7(5-9(10)14)19(12,17)18/h4-6H,3H2,1-2H3,(H,15,16). The van der Waals surface area contributed by atoms with Crippen molar-refractivity contribution in [2.75, 3.05) is 5.32 Å². The topological polar surface area (TPSA) is 63.2 Å². The molecule has 1 atom stereocenters. The molecule has 8 heteroatoms. The molecule has 19 heavy (non-hydrogen) atoms. The molecular weight excluding hydrogens is 300 g/mol. The van der Waals surface area contributed by atoms with Gasteiger partial charge < -0.3 is 5.32 Å². The summed E-state index contributed by atoms with van der Waals surface area (Å²) in [4.78, 5) is 10.8. The van der Waals surface area contributed by atoms with E-state index >= 15 is 0 Å². The van der Waals surface area contributed by atoms with Crippen LogP contribution in [0, 0.1) is 17.6 Å². The number of benzene rings is 1. The summed E-state index contributed by atoms with van der Waals surface area (Å²) >= 11 is 0. The van der Waals surface area contributed by atoms with Crippen molar-refractivity contribution in [3.63, 3.8) is 0 Å². The third-order valence-electron chi connectivity index (χ3n) is 2.61. The lowest BCUT2D eigenvalue weighted by molar-refractivity contribution is -0.119. The van der Waals surface area contributed by atoms with Gasteiger partial charge in [0.1, 0.15) is 5.69 Å². The predicted molar refractivity (Wildman–Crippen MR) is 67.5 cm³/mol. The van der Waals surface area contributed by atoms with Gasteiger partial charge in [-0.1, -0.05) is 13.8 Å². The Kier molecular flexibility index (Phi) is 4.86. The quantitative estimate of drug-likeness (QED) is 0.870. The maximum atomic E-state index is 13.6. The fraction of sp³-hybridized carbons (Fsp3) is 0.364. The Balaban J connectivity index is 3.15. The number of amides is 1. The number of anilines is 1. The highest BCUT2D eigenvalue weighted by molar-refractivity contribution is 8.13. The van der Waals surface area contributed by atoms with Gasteiger partial charge in [-0.15, -0.1) is 0 Å². The minimum Gasteiger partial charge on any atom is -0.321 e. The smallest absolute Gasteiger partial charge is 0.261 e. The number of carbonyl (C=O) groups is 1. The number of nitrogens with one attached hydrogen (secondary N) is 1. The molecule has 0 bridgehead atoms. The summed E-state index contributed by atoms with van der Waals surface area (Å²) in [5, 5.41) is 2.08. The fourth-order valence-electron chi connectivity index (χ4n) is 1.24. The Bertz CT molecular complexity index is 581.